The van der Waals surface area contributed by atoms with Crippen molar-refractivity contribution in [1.82, 2.24) is 0 Å². The van der Waals surface area contributed by atoms with Crippen molar-refractivity contribution in [2.45, 2.75) is 13.0 Å². The smallest absolute Gasteiger partial charge is 0.120 e. The van der Waals surface area contributed by atoms with Crippen LogP contribution in [0.25, 0.3) is 0 Å². The zero-order valence-electron chi connectivity index (χ0n) is 11.4. The minimum Gasteiger partial charge on any atom is -0.497 e. The molecular weight excluding hydrogens is 318 g/mol. The molecule has 0 aromatic heterocycles. The van der Waals surface area contributed by atoms with E-state index >= 15 is 0 Å². The molecule has 0 heterocycles. The first-order chi connectivity index (χ1) is 9.72. The number of halogens is 1. The van der Waals surface area contributed by atoms with Gasteiger partial charge in [0, 0.05) is 4.47 Å². The highest BCUT2D eigenvalue weighted by Gasteiger charge is 2.03. The summed E-state index contributed by atoms with van der Waals surface area (Å²) in [6, 6.07) is 13.8. The Bertz CT molecular complexity index is 555. The maximum atomic E-state index is 5.81. The van der Waals surface area contributed by atoms with E-state index in [4.69, 9.17) is 15.2 Å². The lowest BCUT2D eigenvalue weighted by Gasteiger charge is -2.10. The molecule has 2 N–H and O–H groups in total. The van der Waals surface area contributed by atoms with Crippen LogP contribution in [-0.2, 0) is 13.0 Å². The second-order valence-electron chi connectivity index (χ2n) is 4.43. The first kappa shape index (κ1) is 14.9. The van der Waals surface area contributed by atoms with Crippen LogP contribution in [-0.4, -0.2) is 13.7 Å². The Morgan fingerprint density at radius 2 is 1.75 bits per heavy atom. The molecule has 20 heavy (non-hydrogen) atoms. The number of hydrogen-bond acceptors (Lipinski definition) is 3. The fourth-order valence-corrected chi connectivity index (χ4v) is 2.32. The summed E-state index contributed by atoms with van der Waals surface area (Å²) in [7, 11) is 1.66. The van der Waals surface area contributed by atoms with Gasteiger partial charge in [-0.05, 0) is 54.4 Å². The summed E-state index contributed by atoms with van der Waals surface area (Å²) in [5.41, 5.74) is 7.87. The molecular formula is C16H18BrNO2. The van der Waals surface area contributed by atoms with Crippen LogP contribution in [0.2, 0.25) is 0 Å². The van der Waals surface area contributed by atoms with Gasteiger partial charge in [0.2, 0.25) is 0 Å². The van der Waals surface area contributed by atoms with Crippen molar-refractivity contribution in [3.63, 3.8) is 0 Å². The highest BCUT2D eigenvalue weighted by molar-refractivity contribution is 9.10. The van der Waals surface area contributed by atoms with Crippen LogP contribution in [0.1, 0.15) is 11.1 Å². The quantitative estimate of drug-likeness (QED) is 0.878. The molecule has 0 bridgehead atoms. The van der Waals surface area contributed by atoms with E-state index < -0.39 is 0 Å². The summed E-state index contributed by atoms with van der Waals surface area (Å²) < 4.78 is 12.0. The molecule has 0 aliphatic rings. The second-order valence-corrected chi connectivity index (χ2v) is 5.28. The van der Waals surface area contributed by atoms with E-state index in [2.05, 4.69) is 15.9 Å². The zero-order valence-corrected chi connectivity index (χ0v) is 13.0. The van der Waals surface area contributed by atoms with Crippen molar-refractivity contribution in [2.75, 3.05) is 13.7 Å². The molecule has 0 saturated carbocycles. The van der Waals surface area contributed by atoms with Crippen molar-refractivity contribution in [1.29, 1.82) is 0 Å². The average molecular weight is 336 g/mol. The molecule has 0 radical (unpaired) electrons. The van der Waals surface area contributed by atoms with Gasteiger partial charge in [0.05, 0.1) is 7.11 Å². The van der Waals surface area contributed by atoms with Crippen LogP contribution in [0.3, 0.4) is 0 Å². The molecule has 0 saturated heterocycles. The third-order valence-corrected chi connectivity index (χ3v) is 3.77. The SMILES string of the molecule is COc1ccc(COc2ccc(Br)c(CCN)c2)cc1. The van der Waals surface area contributed by atoms with Gasteiger partial charge < -0.3 is 15.2 Å². The third kappa shape index (κ3) is 3.99. The summed E-state index contributed by atoms with van der Waals surface area (Å²) in [6.07, 6.45) is 0.834. The Balaban J connectivity index is 2.00. The van der Waals surface area contributed by atoms with Gasteiger partial charge in [-0.25, -0.2) is 0 Å². The normalized spacial score (nSPS) is 10.3. The van der Waals surface area contributed by atoms with Gasteiger partial charge in [0.25, 0.3) is 0 Å². The van der Waals surface area contributed by atoms with E-state index in [0.29, 0.717) is 13.2 Å². The average Bonchev–Trinajstić information content (AvgIpc) is 2.49. The first-order valence-corrected chi connectivity index (χ1v) is 7.26. The summed E-state index contributed by atoms with van der Waals surface area (Å²) in [6.45, 7) is 1.16. The minimum atomic E-state index is 0.535. The van der Waals surface area contributed by atoms with Gasteiger partial charge in [-0.3, -0.25) is 0 Å². The zero-order chi connectivity index (χ0) is 14.4. The summed E-state index contributed by atoms with van der Waals surface area (Å²) >= 11 is 3.52. The van der Waals surface area contributed by atoms with E-state index in [1.54, 1.807) is 7.11 Å². The molecule has 2 rings (SSSR count). The molecule has 0 amide bonds. The molecule has 0 atom stereocenters. The van der Waals surface area contributed by atoms with Gasteiger partial charge in [-0.1, -0.05) is 28.1 Å². The van der Waals surface area contributed by atoms with Crippen LogP contribution in [0.4, 0.5) is 0 Å². The molecule has 2 aromatic carbocycles. The van der Waals surface area contributed by atoms with Gasteiger partial charge in [-0.2, -0.15) is 0 Å². The largest absolute Gasteiger partial charge is 0.497 e. The van der Waals surface area contributed by atoms with Crippen molar-refractivity contribution in [3.05, 3.63) is 58.1 Å². The molecule has 0 aliphatic carbocycles. The standard InChI is InChI=1S/C16H18BrNO2/c1-19-14-4-2-12(3-5-14)11-20-15-6-7-16(17)13(10-15)8-9-18/h2-7,10H,8-9,11,18H2,1H3. The van der Waals surface area contributed by atoms with E-state index in [1.165, 1.54) is 5.56 Å². The summed E-state index contributed by atoms with van der Waals surface area (Å²) in [5.74, 6) is 1.70. The van der Waals surface area contributed by atoms with E-state index in [0.717, 1.165) is 28.0 Å². The highest BCUT2D eigenvalue weighted by Crippen LogP contribution is 2.23. The molecule has 0 fully saturated rings. The van der Waals surface area contributed by atoms with Gasteiger partial charge in [0.1, 0.15) is 18.1 Å². The van der Waals surface area contributed by atoms with Crippen LogP contribution in [0, 0.1) is 0 Å². The van der Waals surface area contributed by atoms with Gasteiger partial charge in [-0.15, -0.1) is 0 Å². The third-order valence-electron chi connectivity index (χ3n) is 3.00. The lowest BCUT2D eigenvalue weighted by atomic mass is 10.1. The lowest BCUT2D eigenvalue weighted by molar-refractivity contribution is 0.305. The van der Waals surface area contributed by atoms with Gasteiger partial charge >= 0.3 is 0 Å². The van der Waals surface area contributed by atoms with Crippen molar-refractivity contribution < 1.29 is 9.47 Å². The first-order valence-electron chi connectivity index (χ1n) is 6.47. The number of rotatable bonds is 6. The number of ether oxygens (including phenoxy) is 2. The fourth-order valence-electron chi connectivity index (χ4n) is 1.88. The predicted molar refractivity (Wildman–Crippen MR) is 84.2 cm³/mol. The van der Waals surface area contributed by atoms with Crippen molar-refractivity contribution in [2.24, 2.45) is 5.73 Å². The molecule has 0 unspecified atom stereocenters. The fraction of sp³-hybridized carbons (Fsp3) is 0.250. The van der Waals surface area contributed by atoms with Crippen LogP contribution in [0.15, 0.2) is 46.9 Å². The number of hydrogen-bond donors (Lipinski definition) is 1. The second kappa shape index (κ2) is 7.31. The Kier molecular flexibility index (Phi) is 5.44. The predicted octanol–water partition coefficient (Wildman–Crippen LogP) is 3.54. The van der Waals surface area contributed by atoms with Crippen molar-refractivity contribution >= 4 is 15.9 Å². The minimum absolute atomic E-state index is 0.535. The maximum absolute atomic E-state index is 5.81. The number of nitrogens with two attached hydrogens (primary N) is 1. The molecule has 106 valence electrons. The van der Waals surface area contributed by atoms with Gasteiger partial charge in [0.15, 0.2) is 0 Å². The lowest BCUT2D eigenvalue weighted by Crippen LogP contribution is -2.04. The van der Waals surface area contributed by atoms with Crippen LogP contribution in [0.5, 0.6) is 11.5 Å². The van der Waals surface area contributed by atoms with E-state index in [9.17, 15) is 0 Å². The topological polar surface area (TPSA) is 44.5 Å². The monoisotopic (exact) mass is 335 g/mol. The molecule has 0 aliphatic heterocycles. The molecule has 4 heteroatoms. The molecule has 2 aromatic rings. The van der Waals surface area contributed by atoms with E-state index in [1.807, 2.05) is 42.5 Å². The van der Waals surface area contributed by atoms with E-state index in [-0.39, 0.29) is 0 Å². The van der Waals surface area contributed by atoms with Crippen molar-refractivity contribution in [3.8, 4) is 11.5 Å². The number of methoxy groups -OCH3 is 1. The number of benzene rings is 2. The summed E-state index contributed by atoms with van der Waals surface area (Å²) in [4.78, 5) is 0. The molecule has 0 spiro atoms. The highest BCUT2D eigenvalue weighted by atomic mass is 79.9. The Morgan fingerprint density at radius 3 is 2.40 bits per heavy atom. The maximum Gasteiger partial charge on any atom is 0.120 e. The Morgan fingerprint density at radius 1 is 1.05 bits per heavy atom. The Labute approximate surface area is 127 Å². The van der Waals surface area contributed by atoms with Crippen LogP contribution >= 0.6 is 15.9 Å². The molecule has 3 nitrogen and oxygen atoms in total. The Hall–Kier alpha value is -1.52. The summed E-state index contributed by atoms with van der Waals surface area (Å²) in [5, 5.41) is 0. The van der Waals surface area contributed by atoms with Crippen LogP contribution < -0.4 is 15.2 Å².